The molecule has 22 heavy (non-hydrogen) atoms. The Hall–Kier alpha value is -1.95. The summed E-state index contributed by atoms with van der Waals surface area (Å²) >= 11 is 0. The van der Waals surface area contributed by atoms with E-state index >= 15 is 0 Å². The average Bonchev–Trinajstić information content (AvgIpc) is 2.55. The van der Waals surface area contributed by atoms with Gasteiger partial charge in [-0.25, -0.2) is 4.39 Å². The first kappa shape index (κ1) is 16.4. The molecule has 0 aliphatic carbocycles. The van der Waals surface area contributed by atoms with Crippen LogP contribution >= 0.6 is 0 Å². The maximum atomic E-state index is 13.5. The minimum absolute atomic E-state index is 0.0284. The van der Waals surface area contributed by atoms with E-state index in [-0.39, 0.29) is 24.8 Å². The Balaban J connectivity index is 1.74. The normalized spacial score (nSPS) is 15.6. The first-order chi connectivity index (χ1) is 10.6. The molecule has 5 nitrogen and oxygen atoms in total. The highest BCUT2D eigenvalue weighted by Gasteiger charge is 2.20. The van der Waals surface area contributed by atoms with E-state index in [1.807, 2.05) is 0 Å². The minimum atomic E-state index is -0.403. The van der Waals surface area contributed by atoms with E-state index in [2.05, 4.69) is 17.1 Å². The van der Waals surface area contributed by atoms with Crippen LogP contribution in [0.5, 0.6) is 0 Å². The van der Waals surface area contributed by atoms with Gasteiger partial charge in [0.05, 0.1) is 13.0 Å². The van der Waals surface area contributed by atoms with E-state index < -0.39 is 5.82 Å². The number of likely N-dealkylation sites (N-methyl/N-ethyl adjacent to an activating group) is 1. The van der Waals surface area contributed by atoms with Gasteiger partial charge in [-0.1, -0.05) is 25.1 Å². The summed E-state index contributed by atoms with van der Waals surface area (Å²) in [7, 11) is 0. The third-order valence-electron chi connectivity index (χ3n) is 3.92. The van der Waals surface area contributed by atoms with E-state index in [0.29, 0.717) is 18.7 Å². The Morgan fingerprint density at radius 1 is 1.18 bits per heavy atom. The molecule has 0 saturated carbocycles. The standard InChI is InChI=1S/C16H22FN3O2/c1-2-19-7-9-20(10-8-19)16(22)12-18-15(21)11-13-5-3-4-6-14(13)17/h3-6H,2,7-12H2,1H3,(H,18,21). The molecule has 1 aromatic rings. The van der Waals surface area contributed by atoms with Gasteiger partial charge in [-0.05, 0) is 18.2 Å². The Labute approximate surface area is 130 Å². The van der Waals surface area contributed by atoms with Crippen molar-refractivity contribution in [2.45, 2.75) is 13.3 Å². The van der Waals surface area contributed by atoms with E-state index in [1.54, 1.807) is 23.1 Å². The summed E-state index contributed by atoms with van der Waals surface area (Å²) < 4.78 is 13.5. The van der Waals surface area contributed by atoms with E-state index in [9.17, 15) is 14.0 Å². The summed E-state index contributed by atoms with van der Waals surface area (Å²) in [4.78, 5) is 27.9. The first-order valence-corrected chi connectivity index (χ1v) is 7.60. The lowest BCUT2D eigenvalue weighted by Gasteiger charge is -2.34. The van der Waals surface area contributed by atoms with Crippen molar-refractivity contribution >= 4 is 11.8 Å². The van der Waals surface area contributed by atoms with Gasteiger partial charge in [0.1, 0.15) is 5.82 Å². The number of rotatable bonds is 5. The number of amides is 2. The molecule has 0 atom stereocenters. The van der Waals surface area contributed by atoms with Crippen molar-refractivity contribution < 1.29 is 14.0 Å². The summed E-state index contributed by atoms with van der Waals surface area (Å²) in [6.45, 7) is 6.17. The zero-order valence-corrected chi connectivity index (χ0v) is 12.8. The fourth-order valence-electron chi connectivity index (χ4n) is 2.48. The van der Waals surface area contributed by atoms with Crippen molar-refractivity contribution in [3.63, 3.8) is 0 Å². The van der Waals surface area contributed by atoms with Crippen molar-refractivity contribution in [1.29, 1.82) is 0 Å². The molecular weight excluding hydrogens is 285 g/mol. The van der Waals surface area contributed by atoms with Gasteiger partial charge in [0.25, 0.3) is 0 Å². The summed E-state index contributed by atoms with van der Waals surface area (Å²) in [5, 5.41) is 2.57. The number of halogens is 1. The van der Waals surface area contributed by atoms with Crippen LogP contribution in [0.2, 0.25) is 0 Å². The molecule has 1 heterocycles. The lowest BCUT2D eigenvalue weighted by molar-refractivity contribution is -0.134. The Kier molecular flexibility index (Phi) is 5.89. The highest BCUT2D eigenvalue weighted by molar-refractivity contribution is 5.85. The van der Waals surface area contributed by atoms with Crippen molar-refractivity contribution in [3.8, 4) is 0 Å². The third-order valence-corrected chi connectivity index (χ3v) is 3.92. The van der Waals surface area contributed by atoms with Crippen LogP contribution in [-0.4, -0.2) is 60.9 Å². The smallest absolute Gasteiger partial charge is 0.242 e. The van der Waals surface area contributed by atoms with E-state index in [1.165, 1.54) is 6.07 Å². The molecule has 120 valence electrons. The maximum absolute atomic E-state index is 13.5. The van der Waals surface area contributed by atoms with Crippen molar-refractivity contribution in [1.82, 2.24) is 15.1 Å². The van der Waals surface area contributed by atoms with Crippen molar-refractivity contribution in [3.05, 3.63) is 35.6 Å². The molecule has 1 aliphatic rings. The largest absolute Gasteiger partial charge is 0.347 e. The number of carbonyl (C=O) groups excluding carboxylic acids is 2. The van der Waals surface area contributed by atoms with Crippen LogP contribution < -0.4 is 5.32 Å². The lowest BCUT2D eigenvalue weighted by atomic mass is 10.1. The van der Waals surface area contributed by atoms with E-state index in [4.69, 9.17) is 0 Å². The molecule has 2 amide bonds. The van der Waals surface area contributed by atoms with Crippen LogP contribution in [0.4, 0.5) is 4.39 Å². The fraction of sp³-hybridized carbons (Fsp3) is 0.500. The zero-order valence-electron chi connectivity index (χ0n) is 12.8. The van der Waals surface area contributed by atoms with E-state index in [0.717, 1.165) is 19.6 Å². The molecule has 1 N–H and O–H groups in total. The number of nitrogens with one attached hydrogen (secondary N) is 1. The van der Waals surface area contributed by atoms with Crippen LogP contribution in [0.15, 0.2) is 24.3 Å². The maximum Gasteiger partial charge on any atom is 0.242 e. The van der Waals surface area contributed by atoms with Crippen molar-refractivity contribution in [2.24, 2.45) is 0 Å². The second-order valence-corrected chi connectivity index (χ2v) is 5.36. The van der Waals surface area contributed by atoms with Gasteiger partial charge in [-0.3, -0.25) is 9.59 Å². The fourth-order valence-corrected chi connectivity index (χ4v) is 2.48. The summed E-state index contributed by atoms with van der Waals surface area (Å²) in [5.74, 6) is -0.831. The van der Waals surface area contributed by atoms with Crippen LogP contribution in [0.3, 0.4) is 0 Å². The highest BCUT2D eigenvalue weighted by Crippen LogP contribution is 2.07. The SMILES string of the molecule is CCN1CCN(C(=O)CNC(=O)Cc2ccccc2F)CC1. The van der Waals surface area contributed by atoms with Crippen LogP contribution in [0.1, 0.15) is 12.5 Å². The summed E-state index contributed by atoms with van der Waals surface area (Å²) in [6.07, 6.45) is -0.0520. The zero-order chi connectivity index (χ0) is 15.9. The quantitative estimate of drug-likeness (QED) is 0.869. The third kappa shape index (κ3) is 4.53. The summed E-state index contributed by atoms with van der Waals surface area (Å²) in [5.41, 5.74) is 0.337. The molecule has 0 unspecified atom stereocenters. The lowest BCUT2D eigenvalue weighted by Crippen LogP contribution is -2.51. The Morgan fingerprint density at radius 2 is 1.86 bits per heavy atom. The Bertz CT molecular complexity index is 528. The van der Waals surface area contributed by atoms with Crippen LogP contribution in [0.25, 0.3) is 0 Å². The first-order valence-electron chi connectivity index (χ1n) is 7.60. The molecule has 0 spiro atoms. The molecule has 1 aliphatic heterocycles. The number of hydrogen-bond acceptors (Lipinski definition) is 3. The molecule has 0 bridgehead atoms. The van der Waals surface area contributed by atoms with Crippen LogP contribution in [0, 0.1) is 5.82 Å². The summed E-state index contributed by atoms with van der Waals surface area (Å²) in [6, 6.07) is 6.15. The average molecular weight is 307 g/mol. The van der Waals surface area contributed by atoms with Gasteiger partial charge in [0.15, 0.2) is 0 Å². The molecule has 0 aromatic heterocycles. The van der Waals surface area contributed by atoms with Gasteiger partial charge in [-0.2, -0.15) is 0 Å². The van der Waals surface area contributed by atoms with Gasteiger partial charge >= 0.3 is 0 Å². The monoisotopic (exact) mass is 307 g/mol. The second kappa shape index (κ2) is 7.89. The number of carbonyl (C=O) groups is 2. The molecule has 1 saturated heterocycles. The van der Waals surface area contributed by atoms with Gasteiger partial charge in [-0.15, -0.1) is 0 Å². The Morgan fingerprint density at radius 3 is 2.50 bits per heavy atom. The number of hydrogen-bond donors (Lipinski definition) is 1. The van der Waals surface area contributed by atoms with Gasteiger partial charge < -0.3 is 15.1 Å². The predicted molar refractivity (Wildman–Crippen MR) is 81.8 cm³/mol. The molecule has 1 aromatic carbocycles. The highest BCUT2D eigenvalue weighted by atomic mass is 19.1. The van der Waals surface area contributed by atoms with Crippen LogP contribution in [-0.2, 0) is 16.0 Å². The predicted octanol–water partition coefficient (Wildman–Crippen LogP) is 0.649. The topological polar surface area (TPSA) is 52.6 Å². The minimum Gasteiger partial charge on any atom is -0.347 e. The van der Waals surface area contributed by atoms with Gasteiger partial charge in [0, 0.05) is 26.2 Å². The number of nitrogens with zero attached hydrogens (tertiary/aromatic N) is 2. The van der Waals surface area contributed by atoms with Gasteiger partial charge in [0.2, 0.25) is 11.8 Å². The molecule has 1 fully saturated rings. The molecule has 0 radical (unpaired) electrons. The number of piperazine rings is 1. The second-order valence-electron chi connectivity index (χ2n) is 5.36. The molecule has 2 rings (SSSR count). The van der Waals surface area contributed by atoms with Crippen molar-refractivity contribution in [2.75, 3.05) is 39.3 Å². The number of benzene rings is 1. The molecular formula is C16H22FN3O2. The molecule has 6 heteroatoms.